The van der Waals surface area contributed by atoms with Crippen molar-refractivity contribution in [2.24, 2.45) is 0 Å². The molecular weight excluding hydrogens is 368 g/mol. The van der Waals surface area contributed by atoms with Crippen LogP contribution in [0.1, 0.15) is 38.4 Å². The molecule has 1 aliphatic heterocycles. The highest BCUT2D eigenvalue weighted by Crippen LogP contribution is 2.30. The van der Waals surface area contributed by atoms with E-state index in [0.717, 1.165) is 5.39 Å². The van der Waals surface area contributed by atoms with Crippen LogP contribution in [0.25, 0.3) is 21.8 Å². The van der Waals surface area contributed by atoms with Crippen LogP contribution in [-0.4, -0.2) is 44.2 Å². The molecule has 7 nitrogen and oxygen atoms in total. The molecule has 0 bridgehead atoms. The lowest BCUT2D eigenvalue weighted by atomic mass is 9.94. The van der Waals surface area contributed by atoms with Gasteiger partial charge in [-0.3, -0.25) is 19.3 Å². The SMILES string of the molecule is O=C1c2cccc3cccc(c23)C(=O)N1CCCC(=O)n1nnc2ccccc21. The standard InChI is InChI=1S/C22H16N4O3/c27-19(26-18-11-2-1-10-17(18)23-24-26)12-5-13-25-21(28)15-8-3-6-14-7-4-9-16(20(14)15)22(25)29/h1-4,6-11H,5,12-13H2. The minimum Gasteiger partial charge on any atom is -0.274 e. The van der Waals surface area contributed by atoms with Gasteiger partial charge in [0.15, 0.2) is 0 Å². The summed E-state index contributed by atoms with van der Waals surface area (Å²) in [6.07, 6.45) is 0.499. The van der Waals surface area contributed by atoms with Crippen molar-refractivity contribution in [3.8, 4) is 0 Å². The van der Waals surface area contributed by atoms with Gasteiger partial charge in [-0.05, 0) is 36.1 Å². The van der Waals surface area contributed by atoms with Gasteiger partial charge in [0, 0.05) is 29.5 Å². The fraction of sp³-hybridized carbons (Fsp3) is 0.136. The molecule has 1 aromatic heterocycles. The van der Waals surface area contributed by atoms with E-state index in [9.17, 15) is 14.4 Å². The third-order valence-corrected chi connectivity index (χ3v) is 5.22. The number of para-hydroxylation sites is 1. The number of fused-ring (bicyclic) bond motifs is 1. The molecule has 0 saturated carbocycles. The van der Waals surface area contributed by atoms with Crippen molar-refractivity contribution in [1.82, 2.24) is 19.9 Å². The summed E-state index contributed by atoms with van der Waals surface area (Å²) in [4.78, 5) is 39.5. The molecule has 3 aromatic carbocycles. The monoisotopic (exact) mass is 384 g/mol. The van der Waals surface area contributed by atoms with Gasteiger partial charge in [0.1, 0.15) is 5.52 Å². The smallest absolute Gasteiger partial charge is 0.261 e. The van der Waals surface area contributed by atoms with Crippen LogP contribution in [0.2, 0.25) is 0 Å². The van der Waals surface area contributed by atoms with Crippen molar-refractivity contribution in [3.05, 3.63) is 71.8 Å². The first kappa shape index (κ1) is 17.2. The Bertz CT molecular complexity index is 1260. The highest BCUT2D eigenvalue weighted by molar-refractivity contribution is 6.25. The van der Waals surface area contributed by atoms with E-state index >= 15 is 0 Å². The van der Waals surface area contributed by atoms with Crippen LogP contribution in [0.5, 0.6) is 0 Å². The molecule has 0 atom stereocenters. The second-order valence-corrected chi connectivity index (χ2v) is 6.96. The van der Waals surface area contributed by atoms with Crippen molar-refractivity contribution in [1.29, 1.82) is 0 Å². The van der Waals surface area contributed by atoms with Crippen LogP contribution >= 0.6 is 0 Å². The number of hydrogen-bond donors (Lipinski definition) is 0. The molecule has 7 heteroatoms. The molecule has 0 spiro atoms. The Morgan fingerprint density at radius 2 is 1.55 bits per heavy atom. The highest BCUT2D eigenvalue weighted by Gasteiger charge is 2.32. The van der Waals surface area contributed by atoms with Crippen LogP contribution in [0, 0.1) is 0 Å². The third kappa shape index (κ3) is 2.70. The van der Waals surface area contributed by atoms with Crippen molar-refractivity contribution in [3.63, 3.8) is 0 Å². The lowest BCUT2D eigenvalue weighted by Gasteiger charge is -2.27. The van der Waals surface area contributed by atoms with Crippen molar-refractivity contribution in [2.75, 3.05) is 6.54 Å². The van der Waals surface area contributed by atoms with Crippen LogP contribution < -0.4 is 0 Å². The van der Waals surface area contributed by atoms with Gasteiger partial charge in [0.25, 0.3) is 11.8 Å². The molecule has 1 aliphatic rings. The normalized spacial score (nSPS) is 13.4. The number of imide groups is 1. The van der Waals surface area contributed by atoms with Gasteiger partial charge in [0.2, 0.25) is 5.91 Å². The molecule has 0 aliphatic carbocycles. The van der Waals surface area contributed by atoms with Crippen LogP contribution in [-0.2, 0) is 0 Å². The number of amides is 2. The zero-order valence-electron chi connectivity index (χ0n) is 15.4. The minimum atomic E-state index is -0.321. The van der Waals surface area contributed by atoms with Gasteiger partial charge in [-0.15, -0.1) is 5.10 Å². The molecule has 0 radical (unpaired) electrons. The lowest BCUT2D eigenvalue weighted by molar-refractivity contribution is 0.0601. The maximum atomic E-state index is 12.9. The zero-order valence-corrected chi connectivity index (χ0v) is 15.4. The number of nitrogens with zero attached hydrogens (tertiary/aromatic N) is 4. The first-order chi connectivity index (χ1) is 14.1. The zero-order chi connectivity index (χ0) is 20.0. The largest absolute Gasteiger partial charge is 0.274 e. The van der Waals surface area contributed by atoms with E-state index in [2.05, 4.69) is 10.3 Å². The fourth-order valence-electron chi connectivity index (χ4n) is 3.83. The number of rotatable bonds is 4. The summed E-state index contributed by atoms with van der Waals surface area (Å²) < 4.78 is 1.27. The van der Waals surface area contributed by atoms with Crippen molar-refractivity contribution >= 4 is 39.5 Å². The molecule has 0 N–H and O–H groups in total. The summed E-state index contributed by atoms with van der Waals surface area (Å²) in [6, 6.07) is 18.1. The average Bonchev–Trinajstić information content (AvgIpc) is 3.18. The topological polar surface area (TPSA) is 85.2 Å². The highest BCUT2D eigenvalue weighted by atomic mass is 16.2. The van der Waals surface area contributed by atoms with E-state index < -0.39 is 0 Å². The summed E-state index contributed by atoms with van der Waals surface area (Å²) in [5.74, 6) is -0.867. The number of aromatic nitrogens is 3. The Labute approximate surface area is 165 Å². The number of hydrogen-bond acceptors (Lipinski definition) is 5. The Morgan fingerprint density at radius 1 is 0.862 bits per heavy atom. The lowest BCUT2D eigenvalue weighted by Crippen LogP contribution is -2.41. The van der Waals surface area contributed by atoms with Gasteiger partial charge in [-0.25, -0.2) is 0 Å². The van der Waals surface area contributed by atoms with Crippen LogP contribution in [0.3, 0.4) is 0 Å². The first-order valence-corrected chi connectivity index (χ1v) is 9.37. The molecule has 0 saturated heterocycles. The van der Waals surface area contributed by atoms with Gasteiger partial charge in [-0.1, -0.05) is 41.6 Å². The quantitative estimate of drug-likeness (QED) is 0.504. The second kappa shape index (κ2) is 6.63. The molecule has 29 heavy (non-hydrogen) atoms. The summed E-state index contributed by atoms with van der Waals surface area (Å²) in [5.41, 5.74) is 2.33. The molecule has 5 rings (SSSR count). The van der Waals surface area contributed by atoms with Gasteiger partial charge in [0.05, 0.1) is 5.52 Å². The molecule has 0 unspecified atom stereocenters. The maximum absolute atomic E-state index is 12.9. The third-order valence-electron chi connectivity index (χ3n) is 5.22. The van der Waals surface area contributed by atoms with Gasteiger partial charge >= 0.3 is 0 Å². The van der Waals surface area contributed by atoms with Crippen LogP contribution in [0.4, 0.5) is 0 Å². The van der Waals surface area contributed by atoms with E-state index in [1.807, 2.05) is 36.4 Å². The summed E-state index contributed by atoms with van der Waals surface area (Å²) >= 11 is 0. The molecule has 142 valence electrons. The number of carbonyl (C=O) groups is 3. The van der Waals surface area contributed by atoms with E-state index in [4.69, 9.17) is 0 Å². The molecule has 2 heterocycles. The molecule has 4 aromatic rings. The predicted molar refractivity (Wildman–Crippen MR) is 107 cm³/mol. The minimum absolute atomic E-state index is 0.149. The first-order valence-electron chi connectivity index (χ1n) is 9.37. The summed E-state index contributed by atoms with van der Waals surface area (Å²) in [7, 11) is 0. The van der Waals surface area contributed by atoms with Gasteiger partial charge < -0.3 is 0 Å². The second-order valence-electron chi connectivity index (χ2n) is 6.96. The fourth-order valence-corrected chi connectivity index (χ4v) is 3.83. The Balaban J connectivity index is 1.34. The average molecular weight is 384 g/mol. The van der Waals surface area contributed by atoms with Crippen molar-refractivity contribution < 1.29 is 14.4 Å². The Hall–Kier alpha value is -3.87. The number of benzene rings is 3. The Kier molecular flexibility index (Phi) is 3.94. The summed E-state index contributed by atoms with van der Waals surface area (Å²) in [5, 5.41) is 9.47. The van der Waals surface area contributed by atoms with E-state index in [0.29, 0.717) is 34.0 Å². The van der Waals surface area contributed by atoms with Crippen LogP contribution in [0.15, 0.2) is 60.7 Å². The molecule has 2 amide bonds. The predicted octanol–water partition coefficient (Wildman–Crippen LogP) is 3.30. The Morgan fingerprint density at radius 3 is 2.28 bits per heavy atom. The van der Waals surface area contributed by atoms with Gasteiger partial charge in [-0.2, -0.15) is 4.68 Å². The van der Waals surface area contributed by atoms with E-state index in [1.165, 1.54) is 9.58 Å². The van der Waals surface area contributed by atoms with E-state index in [1.54, 1.807) is 24.3 Å². The number of carbonyl (C=O) groups excluding carboxylic acids is 3. The molecular formula is C22H16N4O3. The molecule has 0 fully saturated rings. The maximum Gasteiger partial charge on any atom is 0.261 e. The summed E-state index contributed by atoms with van der Waals surface area (Å²) in [6.45, 7) is 0.167. The van der Waals surface area contributed by atoms with Crippen molar-refractivity contribution in [2.45, 2.75) is 12.8 Å². The van der Waals surface area contributed by atoms with E-state index in [-0.39, 0.29) is 30.7 Å².